The van der Waals surface area contributed by atoms with E-state index in [4.69, 9.17) is 63.1 Å². The van der Waals surface area contributed by atoms with Crippen molar-refractivity contribution in [3.63, 3.8) is 0 Å². The van der Waals surface area contributed by atoms with Crippen LogP contribution >= 0.6 is 58.0 Å². The van der Waals surface area contributed by atoms with Crippen molar-refractivity contribution in [1.82, 2.24) is 19.9 Å². The van der Waals surface area contributed by atoms with E-state index < -0.39 is 3.79 Å². The van der Waals surface area contributed by atoms with E-state index in [0.29, 0.717) is 47.0 Å². The van der Waals surface area contributed by atoms with Gasteiger partial charge in [0.1, 0.15) is 0 Å². The third kappa shape index (κ3) is 5.26. The van der Waals surface area contributed by atoms with E-state index in [-0.39, 0.29) is 12.4 Å². The lowest BCUT2D eigenvalue weighted by Crippen LogP contribution is -2.48. The van der Waals surface area contributed by atoms with Crippen molar-refractivity contribution < 1.29 is 5.11 Å². The third-order valence-electron chi connectivity index (χ3n) is 4.13. The maximum atomic E-state index is 9.08. The molecule has 0 saturated carbocycles. The lowest BCUT2D eigenvalue weighted by molar-refractivity contribution is 0.188. The molecule has 146 valence electrons. The van der Waals surface area contributed by atoms with Crippen LogP contribution in [-0.4, -0.2) is 64.3 Å². The summed E-state index contributed by atoms with van der Waals surface area (Å²) in [6.07, 6.45) is 0. The molecule has 11 heteroatoms. The fourth-order valence-corrected chi connectivity index (χ4v) is 3.26. The van der Waals surface area contributed by atoms with Gasteiger partial charge in [-0.15, -0.1) is 0 Å². The fourth-order valence-electron chi connectivity index (χ4n) is 2.71. The first-order valence-corrected chi connectivity index (χ1v) is 10.0. The van der Waals surface area contributed by atoms with Crippen LogP contribution in [0.4, 0.5) is 5.95 Å². The molecule has 1 aromatic heterocycles. The second kappa shape index (κ2) is 8.82. The fraction of sp³-hybridized carbons (Fsp3) is 0.438. The Hall–Kier alpha value is -0.600. The number of rotatable bonds is 4. The van der Waals surface area contributed by atoms with Gasteiger partial charge >= 0.3 is 0 Å². The van der Waals surface area contributed by atoms with E-state index in [1.165, 1.54) is 0 Å². The maximum absolute atomic E-state index is 9.08. The van der Waals surface area contributed by atoms with E-state index in [1.807, 2.05) is 4.90 Å². The highest BCUT2D eigenvalue weighted by molar-refractivity contribution is 6.66. The number of aromatic nitrogens is 3. The number of halogens is 5. The van der Waals surface area contributed by atoms with E-state index in [1.54, 1.807) is 18.2 Å². The lowest BCUT2D eigenvalue weighted by atomic mass is 10.2. The molecule has 2 aromatic rings. The second-order valence-corrected chi connectivity index (χ2v) is 9.06. The molecule has 1 aliphatic heterocycles. The minimum absolute atomic E-state index is 0.0383. The molecule has 0 aliphatic carbocycles. The van der Waals surface area contributed by atoms with E-state index in [0.717, 1.165) is 13.1 Å². The number of aliphatic hydroxyl groups excluding tert-OH is 1. The molecule has 0 radical (unpaired) electrons. The Morgan fingerprint density at radius 3 is 2.26 bits per heavy atom. The predicted octanol–water partition coefficient (Wildman–Crippen LogP) is 3.79. The molecular formula is C16H16Cl5N5O. The Balaban J connectivity index is 1.95. The van der Waals surface area contributed by atoms with Gasteiger partial charge in [0, 0.05) is 38.3 Å². The summed E-state index contributed by atoms with van der Waals surface area (Å²) in [5.74, 6) is 0.810. The maximum Gasteiger partial charge on any atom is 0.250 e. The van der Waals surface area contributed by atoms with Crippen molar-refractivity contribution >= 4 is 64.0 Å². The van der Waals surface area contributed by atoms with Crippen LogP contribution in [0.1, 0.15) is 5.82 Å². The first kappa shape index (κ1) is 21.1. The van der Waals surface area contributed by atoms with Crippen LogP contribution < -0.4 is 4.90 Å². The molecule has 0 bridgehead atoms. The molecule has 1 aromatic carbocycles. The Morgan fingerprint density at radius 1 is 0.963 bits per heavy atom. The summed E-state index contributed by atoms with van der Waals surface area (Å²) in [5, 5.41) is 9.89. The predicted molar refractivity (Wildman–Crippen MR) is 110 cm³/mol. The number of aliphatic hydroxyl groups is 1. The zero-order valence-electron chi connectivity index (χ0n) is 14.0. The average Bonchev–Trinajstić information content (AvgIpc) is 2.64. The normalized spacial score (nSPS) is 16.0. The van der Waals surface area contributed by atoms with Gasteiger partial charge in [-0.3, -0.25) is 4.90 Å². The largest absolute Gasteiger partial charge is 0.395 e. The van der Waals surface area contributed by atoms with Crippen LogP contribution in [0.5, 0.6) is 0 Å². The Labute approximate surface area is 182 Å². The number of β-amino-alcohol motifs (C(OH)–C–C–N with tert-alkyl or cyclic N) is 1. The van der Waals surface area contributed by atoms with Crippen molar-refractivity contribution in [3.05, 3.63) is 34.1 Å². The molecule has 0 amide bonds. The van der Waals surface area contributed by atoms with E-state index in [9.17, 15) is 0 Å². The molecule has 6 nitrogen and oxygen atoms in total. The topological polar surface area (TPSA) is 65.4 Å². The standard InChI is InChI=1S/C16H16Cl5N5O/c17-11-2-1-10(9-12(11)18)13-22-14(16(19,20)21)24-15(23-13)26-5-3-25(4-6-26)7-8-27/h1-2,9,27H,3-8H2. The number of anilines is 1. The molecule has 0 atom stereocenters. The lowest BCUT2D eigenvalue weighted by Gasteiger charge is -2.34. The molecule has 1 aliphatic rings. The van der Waals surface area contributed by atoms with Gasteiger partial charge in [-0.1, -0.05) is 58.0 Å². The van der Waals surface area contributed by atoms with E-state index >= 15 is 0 Å². The first-order valence-electron chi connectivity index (χ1n) is 8.15. The summed E-state index contributed by atoms with van der Waals surface area (Å²) in [4.78, 5) is 17.3. The van der Waals surface area contributed by atoms with Crippen molar-refractivity contribution in [2.45, 2.75) is 3.79 Å². The van der Waals surface area contributed by atoms with Crippen molar-refractivity contribution in [2.24, 2.45) is 0 Å². The van der Waals surface area contributed by atoms with Crippen LogP contribution in [0.15, 0.2) is 18.2 Å². The molecule has 27 heavy (non-hydrogen) atoms. The van der Waals surface area contributed by atoms with Crippen molar-refractivity contribution in [2.75, 3.05) is 44.2 Å². The summed E-state index contributed by atoms with van der Waals surface area (Å²) in [6, 6.07) is 5.06. The highest BCUT2D eigenvalue weighted by Crippen LogP contribution is 2.37. The smallest absolute Gasteiger partial charge is 0.250 e. The van der Waals surface area contributed by atoms with Gasteiger partial charge in [-0.2, -0.15) is 9.97 Å². The highest BCUT2D eigenvalue weighted by Gasteiger charge is 2.30. The summed E-state index contributed by atoms with van der Waals surface area (Å²) >= 11 is 30.2. The number of hydrogen-bond acceptors (Lipinski definition) is 6. The molecule has 1 fully saturated rings. The van der Waals surface area contributed by atoms with Crippen LogP contribution in [0.2, 0.25) is 10.0 Å². The molecular weight excluding hydrogens is 455 g/mol. The van der Waals surface area contributed by atoms with Gasteiger partial charge in [-0.05, 0) is 18.2 Å². The Kier molecular flexibility index (Phi) is 6.90. The van der Waals surface area contributed by atoms with Crippen LogP contribution in [0.25, 0.3) is 11.4 Å². The van der Waals surface area contributed by atoms with Gasteiger partial charge in [0.15, 0.2) is 11.6 Å². The zero-order valence-corrected chi connectivity index (χ0v) is 17.8. The monoisotopic (exact) mass is 469 g/mol. The van der Waals surface area contributed by atoms with Crippen LogP contribution in [0.3, 0.4) is 0 Å². The average molecular weight is 472 g/mol. The van der Waals surface area contributed by atoms with Crippen LogP contribution in [-0.2, 0) is 3.79 Å². The molecule has 1 saturated heterocycles. The molecule has 1 N–H and O–H groups in total. The number of benzene rings is 1. The van der Waals surface area contributed by atoms with Crippen LogP contribution in [0, 0.1) is 0 Å². The third-order valence-corrected chi connectivity index (χ3v) is 5.37. The van der Waals surface area contributed by atoms with Gasteiger partial charge in [0.05, 0.1) is 16.7 Å². The Bertz CT molecular complexity index is 808. The molecule has 0 spiro atoms. The number of hydrogen-bond donors (Lipinski definition) is 1. The number of alkyl halides is 3. The van der Waals surface area contributed by atoms with E-state index in [2.05, 4.69) is 19.9 Å². The number of nitrogens with zero attached hydrogens (tertiary/aromatic N) is 5. The molecule has 3 rings (SSSR count). The molecule has 2 heterocycles. The first-order chi connectivity index (χ1) is 12.8. The summed E-state index contributed by atoms with van der Waals surface area (Å²) in [7, 11) is 0. The Morgan fingerprint density at radius 2 is 1.67 bits per heavy atom. The van der Waals surface area contributed by atoms with Crippen molar-refractivity contribution in [1.29, 1.82) is 0 Å². The van der Waals surface area contributed by atoms with Crippen molar-refractivity contribution in [3.8, 4) is 11.4 Å². The summed E-state index contributed by atoms with van der Waals surface area (Å²) in [5.41, 5.74) is 0.641. The summed E-state index contributed by atoms with van der Waals surface area (Å²) in [6.45, 7) is 3.69. The quantitative estimate of drug-likeness (QED) is 0.685. The minimum atomic E-state index is -1.79. The second-order valence-electron chi connectivity index (χ2n) is 5.96. The van der Waals surface area contributed by atoms with Gasteiger partial charge in [-0.25, -0.2) is 4.98 Å². The minimum Gasteiger partial charge on any atom is -0.395 e. The zero-order chi connectivity index (χ0) is 19.6. The van der Waals surface area contributed by atoms with Gasteiger partial charge in [0.2, 0.25) is 9.74 Å². The molecule has 0 unspecified atom stereocenters. The van der Waals surface area contributed by atoms with Gasteiger partial charge < -0.3 is 10.0 Å². The summed E-state index contributed by atoms with van der Waals surface area (Å²) < 4.78 is -1.79. The highest BCUT2D eigenvalue weighted by atomic mass is 35.6. The van der Waals surface area contributed by atoms with Gasteiger partial charge in [0.25, 0.3) is 0 Å². The SMILES string of the molecule is OCCN1CCN(c2nc(-c3ccc(Cl)c(Cl)c3)nc(C(Cl)(Cl)Cl)n2)CC1. The number of piperazine rings is 1.